The number of nitrogens with one attached hydrogen (secondary N) is 2. The molecule has 3 rings (SSSR count). The standard InChI is InChI=1S/C25H37N7O5/c1-3-4-5-6-7-8-9-10-11-12-18-31-21-22(30(2)25(34)28-23(21)33)27-24(31)29-26-17-13-14-19-15-16-20(37-19)32(35)36/h13-17,21-22H,3-12,18H2,1-2H3,(H,27,29)(H,28,33,34)/b14-13+,26-17-. The number of hydrogen-bond donors (Lipinski definition) is 2. The van der Waals surface area contributed by atoms with Crippen LogP contribution >= 0.6 is 0 Å². The number of hydrogen-bond acceptors (Lipinski definition) is 9. The zero-order valence-corrected chi connectivity index (χ0v) is 21.6. The van der Waals surface area contributed by atoms with Gasteiger partial charge in [-0.05, 0) is 24.6 Å². The van der Waals surface area contributed by atoms with Crippen LogP contribution in [0.15, 0.2) is 32.7 Å². The maximum atomic E-state index is 12.6. The number of carbonyl (C=O) groups excluding carboxylic acids is 2. The lowest BCUT2D eigenvalue weighted by atomic mass is 10.1. The highest BCUT2D eigenvalue weighted by molar-refractivity contribution is 6.03. The van der Waals surface area contributed by atoms with Crippen LogP contribution in [0.3, 0.4) is 0 Å². The van der Waals surface area contributed by atoms with E-state index in [1.54, 1.807) is 13.1 Å². The second kappa shape index (κ2) is 14.1. The number of amides is 3. The average molecular weight is 516 g/mol. The van der Waals surface area contributed by atoms with Gasteiger partial charge in [-0.1, -0.05) is 64.7 Å². The number of imide groups is 1. The monoisotopic (exact) mass is 515 g/mol. The van der Waals surface area contributed by atoms with Crippen molar-refractivity contribution in [2.24, 2.45) is 10.1 Å². The largest absolute Gasteiger partial charge is 0.433 e. The number of rotatable bonds is 15. The molecule has 0 spiro atoms. The minimum Gasteiger partial charge on any atom is -0.401 e. The Morgan fingerprint density at radius 2 is 1.81 bits per heavy atom. The van der Waals surface area contributed by atoms with Crippen molar-refractivity contribution in [1.82, 2.24) is 20.5 Å². The lowest BCUT2D eigenvalue weighted by Crippen LogP contribution is -2.64. The van der Waals surface area contributed by atoms with Crippen molar-refractivity contribution in [3.8, 4) is 0 Å². The molecular weight excluding hydrogens is 478 g/mol. The van der Waals surface area contributed by atoms with E-state index < -0.39 is 23.2 Å². The van der Waals surface area contributed by atoms with Gasteiger partial charge in [0, 0.05) is 19.8 Å². The third kappa shape index (κ3) is 7.89. The SMILES string of the molecule is CCCCCCCCCCCCN1C(N/N=C\C=C\c2ccc([N+](=O)[O-])o2)=NC2C1C(=O)NC(=O)N2C. The van der Waals surface area contributed by atoms with Gasteiger partial charge in [0.25, 0.3) is 5.91 Å². The average Bonchev–Trinajstić information content (AvgIpc) is 3.49. The molecule has 2 aliphatic heterocycles. The molecule has 1 fully saturated rings. The fraction of sp³-hybridized carbons (Fsp3) is 0.600. The second-order valence-electron chi connectivity index (χ2n) is 9.27. The Balaban J connectivity index is 1.51. The molecule has 12 nitrogen and oxygen atoms in total. The Hall–Kier alpha value is -3.70. The number of guanidine groups is 1. The van der Waals surface area contributed by atoms with E-state index in [1.165, 1.54) is 74.3 Å². The Morgan fingerprint density at radius 3 is 2.46 bits per heavy atom. The first kappa shape index (κ1) is 27.9. The summed E-state index contributed by atoms with van der Waals surface area (Å²) in [5.74, 6) is 0.0314. The summed E-state index contributed by atoms with van der Waals surface area (Å²) in [5, 5.41) is 17.2. The van der Waals surface area contributed by atoms with Gasteiger partial charge in [0.15, 0.2) is 12.2 Å². The fourth-order valence-corrected chi connectivity index (χ4v) is 4.44. The zero-order valence-electron chi connectivity index (χ0n) is 21.6. The Kier molecular flexibility index (Phi) is 10.7. The van der Waals surface area contributed by atoms with E-state index in [0.717, 1.165) is 19.3 Å². The van der Waals surface area contributed by atoms with Crippen LogP contribution in [0.2, 0.25) is 0 Å². The summed E-state index contributed by atoms with van der Waals surface area (Å²) in [4.78, 5) is 42.7. The highest BCUT2D eigenvalue weighted by atomic mass is 16.6. The molecule has 2 N–H and O–H groups in total. The van der Waals surface area contributed by atoms with Gasteiger partial charge < -0.3 is 14.2 Å². The maximum absolute atomic E-state index is 12.6. The third-order valence-electron chi connectivity index (χ3n) is 6.49. The Bertz CT molecular complexity index is 1020. The van der Waals surface area contributed by atoms with E-state index in [-0.39, 0.29) is 11.8 Å². The van der Waals surface area contributed by atoms with Crippen molar-refractivity contribution in [2.45, 2.75) is 83.3 Å². The first-order valence-electron chi connectivity index (χ1n) is 13.0. The molecule has 2 unspecified atom stereocenters. The summed E-state index contributed by atoms with van der Waals surface area (Å²) in [6.45, 7) is 2.84. The van der Waals surface area contributed by atoms with Gasteiger partial charge >= 0.3 is 11.9 Å². The van der Waals surface area contributed by atoms with Crippen LogP contribution in [0.4, 0.5) is 10.7 Å². The number of allylic oxidation sites excluding steroid dienone is 1. The van der Waals surface area contributed by atoms with Crippen molar-refractivity contribution in [3.63, 3.8) is 0 Å². The van der Waals surface area contributed by atoms with Gasteiger partial charge in [0.05, 0.1) is 6.07 Å². The van der Waals surface area contributed by atoms with Crippen molar-refractivity contribution in [1.29, 1.82) is 0 Å². The summed E-state index contributed by atoms with van der Waals surface area (Å²) in [7, 11) is 1.61. The third-order valence-corrected chi connectivity index (χ3v) is 6.49. The predicted octanol–water partition coefficient (Wildman–Crippen LogP) is 4.25. The molecule has 2 atom stereocenters. The number of likely N-dealkylation sites (N-methyl/N-ethyl adjacent to an activating group) is 1. The number of fused-ring (bicyclic) bond motifs is 1. The van der Waals surface area contributed by atoms with Crippen LogP contribution in [0.1, 0.15) is 76.9 Å². The molecule has 3 heterocycles. The number of urea groups is 1. The second-order valence-corrected chi connectivity index (χ2v) is 9.27. The number of aliphatic imine (C=N–C) groups is 1. The highest BCUT2D eigenvalue weighted by Crippen LogP contribution is 2.24. The number of furan rings is 1. The minimum atomic E-state index is -0.624. The van der Waals surface area contributed by atoms with Gasteiger partial charge in [-0.25, -0.2) is 15.2 Å². The maximum Gasteiger partial charge on any atom is 0.433 e. The van der Waals surface area contributed by atoms with E-state index in [4.69, 9.17) is 4.42 Å². The van der Waals surface area contributed by atoms with Crippen LogP contribution < -0.4 is 10.7 Å². The molecule has 0 radical (unpaired) electrons. The first-order valence-corrected chi connectivity index (χ1v) is 13.0. The van der Waals surface area contributed by atoms with Gasteiger partial charge in [0.2, 0.25) is 5.96 Å². The normalized spacial score (nSPS) is 19.6. The molecule has 1 aromatic heterocycles. The van der Waals surface area contributed by atoms with E-state index in [0.29, 0.717) is 18.3 Å². The number of carbonyl (C=O) groups is 2. The molecule has 37 heavy (non-hydrogen) atoms. The quantitative estimate of drug-likeness (QED) is 0.154. The molecule has 12 heteroatoms. The van der Waals surface area contributed by atoms with Crippen LogP contribution in [0.25, 0.3) is 6.08 Å². The lowest BCUT2D eigenvalue weighted by molar-refractivity contribution is -0.402. The first-order chi connectivity index (χ1) is 17.9. The zero-order chi connectivity index (χ0) is 26.6. The van der Waals surface area contributed by atoms with Crippen molar-refractivity contribution >= 4 is 36.1 Å². The summed E-state index contributed by atoms with van der Waals surface area (Å²) >= 11 is 0. The molecule has 202 valence electrons. The molecule has 1 aromatic rings. The smallest absolute Gasteiger partial charge is 0.401 e. The molecule has 2 aliphatic rings. The van der Waals surface area contributed by atoms with Crippen LogP contribution in [-0.2, 0) is 4.79 Å². The van der Waals surface area contributed by atoms with Crippen LogP contribution in [0.5, 0.6) is 0 Å². The molecule has 3 amide bonds. The highest BCUT2D eigenvalue weighted by Gasteiger charge is 2.48. The predicted molar refractivity (Wildman–Crippen MR) is 141 cm³/mol. The van der Waals surface area contributed by atoms with E-state index >= 15 is 0 Å². The molecular formula is C25H37N7O5. The summed E-state index contributed by atoms with van der Waals surface area (Å²) in [5.41, 5.74) is 2.88. The van der Waals surface area contributed by atoms with Gasteiger partial charge in [-0.15, -0.1) is 0 Å². The van der Waals surface area contributed by atoms with Crippen molar-refractivity contribution < 1.29 is 18.9 Å². The van der Waals surface area contributed by atoms with Gasteiger partial charge in [-0.2, -0.15) is 5.10 Å². The summed E-state index contributed by atoms with van der Waals surface area (Å²) in [6.07, 6.45) is 16.0. The number of unbranched alkanes of at least 4 members (excludes halogenated alkanes) is 9. The minimum absolute atomic E-state index is 0.321. The van der Waals surface area contributed by atoms with E-state index in [2.05, 4.69) is 27.8 Å². The van der Waals surface area contributed by atoms with Crippen molar-refractivity contribution in [3.05, 3.63) is 34.1 Å². The van der Waals surface area contributed by atoms with Crippen LogP contribution in [-0.4, -0.2) is 64.6 Å². The number of nitro groups is 1. The van der Waals surface area contributed by atoms with Gasteiger partial charge in [0.1, 0.15) is 10.7 Å². The fourth-order valence-electron chi connectivity index (χ4n) is 4.44. The van der Waals surface area contributed by atoms with Gasteiger partial charge in [-0.3, -0.25) is 20.2 Å². The Labute approximate surface area is 217 Å². The molecule has 0 saturated carbocycles. The van der Waals surface area contributed by atoms with E-state index in [9.17, 15) is 19.7 Å². The molecule has 1 saturated heterocycles. The van der Waals surface area contributed by atoms with Crippen LogP contribution in [0, 0.1) is 10.1 Å². The molecule has 0 bridgehead atoms. The topological polar surface area (TPSA) is 146 Å². The number of hydrazone groups is 1. The van der Waals surface area contributed by atoms with Crippen molar-refractivity contribution in [2.75, 3.05) is 13.6 Å². The Morgan fingerprint density at radius 1 is 1.14 bits per heavy atom. The molecule has 0 aliphatic carbocycles. The number of nitrogens with zero attached hydrogens (tertiary/aromatic N) is 5. The lowest BCUT2D eigenvalue weighted by Gasteiger charge is -2.36. The summed E-state index contributed by atoms with van der Waals surface area (Å²) < 4.78 is 5.06. The van der Waals surface area contributed by atoms with E-state index in [1.807, 2.05) is 4.90 Å². The summed E-state index contributed by atoms with van der Waals surface area (Å²) in [6, 6.07) is 1.67. The molecule has 0 aromatic carbocycles.